The molecule has 0 saturated heterocycles. The molecule has 0 spiro atoms. The molecule has 0 aromatic rings. The van der Waals surface area contributed by atoms with Crippen LogP contribution in [0.3, 0.4) is 0 Å². The summed E-state index contributed by atoms with van der Waals surface area (Å²) in [5.74, 6) is -1.93. The van der Waals surface area contributed by atoms with E-state index >= 15 is 0 Å². The molecule has 1 rings (SSSR count). The second-order valence-corrected chi connectivity index (χ2v) is 9.70. The molecule has 8 heteroatoms. The number of ether oxygens (including phenoxy) is 1. The Hall–Kier alpha value is -1.41. The summed E-state index contributed by atoms with van der Waals surface area (Å²) in [5, 5.41) is 10.0. The summed E-state index contributed by atoms with van der Waals surface area (Å²) in [6.45, 7) is 1.70. The fourth-order valence-electron chi connectivity index (χ4n) is 3.49. The van der Waals surface area contributed by atoms with Gasteiger partial charge in [0.05, 0.1) is 6.26 Å². The standard InChI is InChI=1S/C22H38O7S/c1-3-4-5-6-7-8-9-10-11-12-13-14-15-16-18(23)20-21(24)19(29-22(20)25)17-28-30(2,26)27/h19,24H,3-17H2,1-2H3/t19-/m1/s1. The number of carbonyl (C=O) groups is 2. The molecular weight excluding hydrogens is 408 g/mol. The van der Waals surface area contributed by atoms with Crippen LogP contribution >= 0.6 is 0 Å². The lowest BCUT2D eigenvalue weighted by atomic mass is 10.0. The smallest absolute Gasteiger partial charge is 0.346 e. The van der Waals surface area contributed by atoms with Crippen LogP contribution in [0.25, 0.3) is 0 Å². The molecule has 0 unspecified atom stereocenters. The summed E-state index contributed by atoms with van der Waals surface area (Å²) in [5.41, 5.74) is -0.379. The largest absolute Gasteiger partial charge is 0.507 e. The van der Waals surface area contributed by atoms with Crippen LogP contribution in [0, 0.1) is 0 Å². The lowest BCUT2D eigenvalue weighted by Crippen LogP contribution is -2.21. The third-order valence-corrected chi connectivity index (χ3v) is 5.80. The van der Waals surface area contributed by atoms with Crippen molar-refractivity contribution in [3.63, 3.8) is 0 Å². The van der Waals surface area contributed by atoms with E-state index in [-0.39, 0.29) is 12.0 Å². The Kier molecular flexibility index (Phi) is 12.9. The van der Waals surface area contributed by atoms with Gasteiger partial charge in [0, 0.05) is 6.42 Å². The molecule has 1 aliphatic heterocycles. The van der Waals surface area contributed by atoms with Gasteiger partial charge in [-0.05, 0) is 6.42 Å². The fraction of sp³-hybridized carbons (Fsp3) is 0.818. The van der Waals surface area contributed by atoms with Crippen molar-refractivity contribution >= 4 is 21.9 Å². The molecule has 0 fully saturated rings. The van der Waals surface area contributed by atoms with Crippen molar-refractivity contribution in [2.24, 2.45) is 0 Å². The zero-order chi connectivity index (χ0) is 22.4. The molecule has 0 amide bonds. The second-order valence-electron chi connectivity index (χ2n) is 8.06. The molecule has 1 aliphatic rings. The highest BCUT2D eigenvalue weighted by Crippen LogP contribution is 2.24. The number of aliphatic hydroxyl groups is 1. The number of hydrogen-bond donors (Lipinski definition) is 1. The van der Waals surface area contributed by atoms with Crippen molar-refractivity contribution in [2.45, 2.75) is 103 Å². The van der Waals surface area contributed by atoms with Crippen LogP contribution < -0.4 is 0 Å². The van der Waals surface area contributed by atoms with Crippen molar-refractivity contribution in [1.29, 1.82) is 0 Å². The van der Waals surface area contributed by atoms with E-state index in [0.29, 0.717) is 6.42 Å². The number of cyclic esters (lactones) is 1. The minimum Gasteiger partial charge on any atom is -0.507 e. The lowest BCUT2D eigenvalue weighted by Gasteiger charge is -2.08. The topological polar surface area (TPSA) is 107 Å². The molecule has 0 aromatic carbocycles. The highest BCUT2D eigenvalue weighted by Gasteiger charge is 2.38. The molecular formula is C22H38O7S. The number of aliphatic hydroxyl groups excluding tert-OH is 1. The van der Waals surface area contributed by atoms with Crippen LogP contribution in [-0.2, 0) is 28.6 Å². The van der Waals surface area contributed by atoms with E-state index < -0.39 is 40.3 Å². The minimum atomic E-state index is -3.74. The van der Waals surface area contributed by atoms with Gasteiger partial charge in [0.2, 0.25) is 0 Å². The average Bonchev–Trinajstić information content (AvgIpc) is 2.96. The van der Waals surface area contributed by atoms with Crippen LogP contribution in [0.2, 0.25) is 0 Å². The summed E-state index contributed by atoms with van der Waals surface area (Å²) < 4.78 is 31.4. The molecule has 0 aliphatic carbocycles. The van der Waals surface area contributed by atoms with E-state index in [2.05, 4.69) is 11.1 Å². The predicted octanol–water partition coefficient (Wildman–Crippen LogP) is 4.75. The maximum atomic E-state index is 12.2. The van der Waals surface area contributed by atoms with Crippen molar-refractivity contribution in [2.75, 3.05) is 12.9 Å². The normalized spacial score (nSPS) is 16.9. The van der Waals surface area contributed by atoms with Crippen molar-refractivity contribution in [3.05, 3.63) is 11.3 Å². The van der Waals surface area contributed by atoms with Crippen LogP contribution in [-0.4, -0.2) is 44.2 Å². The van der Waals surface area contributed by atoms with Gasteiger partial charge in [0.25, 0.3) is 10.1 Å². The second kappa shape index (κ2) is 14.6. The van der Waals surface area contributed by atoms with Crippen LogP contribution in [0.4, 0.5) is 0 Å². The van der Waals surface area contributed by atoms with Gasteiger partial charge in [-0.2, -0.15) is 8.42 Å². The maximum absolute atomic E-state index is 12.2. The molecule has 1 heterocycles. The van der Waals surface area contributed by atoms with E-state index in [4.69, 9.17) is 4.74 Å². The predicted molar refractivity (Wildman–Crippen MR) is 116 cm³/mol. The quantitative estimate of drug-likeness (QED) is 0.140. The molecule has 174 valence electrons. The fourth-order valence-corrected chi connectivity index (χ4v) is 3.86. The Morgan fingerprint density at radius 1 is 0.933 bits per heavy atom. The SMILES string of the molecule is CCCCCCCCCCCCCCCC(=O)C1=C(O)[C@@H](COS(C)(=O)=O)OC1=O. The van der Waals surface area contributed by atoms with Gasteiger partial charge < -0.3 is 9.84 Å². The van der Waals surface area contributed by atoms with Crippen molar-refractivity contribution in [1.82, 2.24) is 0 Å². The van der Waals surface area contributed by atoms with E-state index in [1.807, 2.05) is 0 Å². The monoisotopic (exact) mass is 446 g/mol. The first-order chi connectivity index (χ1) is 14.3. The van der Waals surface area contributed by atoms with Gasteiger partial charge in [-0.25, -0.2) is 4.79 Å². The number of hydrogen-bond acceptors (Lipinski definition) is 7. The van der Waals surface area contributed by atoms with Crippen LogP contribution in [0.5, 0.6) is 0 Å². The van der Waals surface area contributed by atoms with Crippen molar-refractivity contribution < 1.29 is 32.0 Å². The van der Waals surface area contributed by atoms with Crippen LogP contribution in [0.1, 0.15) is 96.8 Å². The third kappa shape index (κ3) is 11.1. The Labute approximate surface area is 181 Å². The summed E-state index contributed by atoms with van der Waals surface area (Å²) >= 11 is 0. The van der Waals surface area contributed by atoms with E-state index in [1.54, 1.807) is 0 Å². The Bertz CT molecular complexity index is 667. The van der Waals surface area contributed by atoms with E-state index in [9.17, 15) is 23.1 Å². The van der Waals surface area contributed by atoms with E-state index in [0.717, 1.165) is 25.5 Å². The molecule has 0 bridgehead atoms. The highest BCUT2D eigenvalue weighted by molar-refractivity contribution is 7.85. The minimum absolute atomic E-state index is 0.159. The molecule has 30 heavy (non-hydrogen) atoms. The summed E-state index contributed by atoms with van der Waals surface area (Å²) in [6, 6.07) is 0. The highest BCUT2D eigenvalue weighted by atomic mass is 32.2. The summed E-state index contributed by atoms with van der Waals surface area (Å²) in [4.78, 5) is 24.1. The molecule has 1 N–H and O–H groups in total. The number of rotatable bonds is 18. The molecule has 1 atom stereocenters. The number of Topliss-reactive ketones (excluding diaryl/α,β-unsaturated/α-hetero) is 1. The van der Waals surface area contributed by atoms with Crippen molar-refractivity contribution in [3.8, 4) is 0 Å². The van der Waals surface area contributed by atoms with Gasteiger partial charge in [0.15, 0.2) is 17.6 Å². The first-order valence-electron chi connectivity index (χ1n) is 11.3. The average molecular weight is 447 g/mol. The molecule has 0 radical (unpaired) electrons. The van der Waals surface area contributed by atoms with Gasteiger partial charge in [-0.15, -0.1) is 0 Å². The Morgan fingerprint density at radius 3 is 1.87 bits per heavy atom. The molecule has 7 nitrogen and oxygen atoms in total. The summed E-state index contributed by atoms with van der Waals surface area (Å²) in [6.07, 6.45) is 15.3. The first-order valence-corrected chi connectivity index (χ1v) is 13.1. The first kappa shape index (κ1) is 26.6. The number of unbranched alkanes of at least 4 members (excludes halogenated alkanes) is 12. The van der Waals surface area contributed by atoms with Crippen LogP contribution in [0.15, 0.2) is 11.3 Å². The van der Waals surface area contributed by atoms with Gasteiger partial charge >= 0.3 is 5.97 Å². The maximum Gasteiger partial charge on any atom is 0.346 e. The number of ketones is 1. The molecule has 0 aromatic heterocycles. The molecule has 0 saturated carbocycles. The number of carbonyl (C=O) groups excluding carboxylic acids is 2. The lowest BCUT2D eigenvalue weighted by molar-refractivity contribution is -0.142. The zero-order valence-electron chi connectivity index (χ0n) is 18.5. The zero-order valence-corrected chi connectivity index (χ0v) is 19.3. The Balaban J connectivity index is 2.13. The van der Waals surface area contributed by atoms with Gasteiger partial charge in [-0.1, -0.05) is 84.0 Å². The Morgan fingerprint density at radius 2 is 1.40 bits per heavy atom. The number of esters is 1. The van der Waals surface area contributed by atoms with Gasteiger partial charge in [-0.3, -0.25) is 8.98 Å². The van der Waals surface area contributed by atoms with E-state index in [1.165, 1.54) is 57.8 Å². The summed E-state index contributed by atoms with van der Waals surface area (Å²) in [7, 11) is -3.74. The third-order valence-electron chi connectivity index (χ3n) is 5.23. The van der Waals surface area contributed by atoms with Gasteiger partial charge in [0.1, 0.15) is 12.2 Å².